The van der Waals surface area contributed by atoms with E-state index in [1.54, 1.807) is 12.4 Å². The molecule has 1 atom stereocenters. The number of esters is 1. The summed E-state index contributed by atoms with van der Waals surface area (Å²) in [6.07, 6.45) is -7.65. The number of likely N-dealkylation sites (N-methyl/N-ethyl adjacent to an activating group) is 1. The van der Waals surface area contributed by atoms with Gasteiger partial charge in [-0.05, 0) is 0 Å². The van der Waals surface area contributed by atoms with Gasteiger partial charge in [-0.1, -0.05) is 0 Å². The van der Waals surface area contributed by atoms with E-state index in [-0.39, 0.29) is 12.8 Å². The maximum atomic E-state index is 11.7. The van der Waals surface area contributed by atoms with Crippen LogP contribution in [0, 0.1) is 0 Å². The van der Waals surface area contributed by atoms with Gasteiger partial charge in [0.1, 0.15) is 5.97 Å². The second-order valence-corrected chi connectivity index (χ2v) is 3.22. The van der Waals surface area contributed by atoms with E-state index in [0.717, 1.165) is 0 Å². The zero-order chi connectivity index (χ0) is 15.6. The number of quaternary nitrogens is 1. The average Bonchev–Trinajstić information content (AvgIpc) is 2.28. The van der Waals surface area contributed by atoms with Gasteiger partial charge >= 0.3 is 12.1 Å². The molecular weight excluding hydrogens is 281 g/mol. The van der Waals surface area contributed by atoms with Gasteiger partial charge < -0.3 is 20.0 Å². The van der Waals surface area contributed by atoms with Gasteiger partial charge in [0.25, 0.3) is 0 Å². The minimum atomic E-state index is -5.19. The quantitative estimate of drug-likeness (QED) is 0.524. The largest absolute Gasteiger partial charge is 0.542 e. The molecule has 2 N–H and O–H groups in total. The normalized spacial score (nSPS) is 12.4. The van der Waals surface area contributed by atoms with Crippen molar-refractivity contribution < 1.29 is 46.7 Å². The van der Waals surface area contributed by atoms with E-state index < -0.39 is 30.6 Å². The molecule has 0 aromatic heterocycles. The minimum absolute atomic E-state index is 0.154. The summed E-state index contributed by atoms with van der Waals surface area (Å²) in [4.78, 5) is 19.6. The lowest BCUT2D eigenvalue weighted by Crippen LogP contribution is -2.88. The predicted octanol–water partition coefficient (Wildman–Crippen LogP) is -0.935. The van der Waals surface area contributed by atoms with E-state index in [1.807, 2.05) is 0 Å². The second kappa shape index (κ2) is 9.48. The molecule has 0 amide bonds. The molecule has 0 fully saturated rings. The third-order valence-corrected chi connectivity index (χ3v) is 1.83. The topological polar surface area (TPSA) is 83.0 Å². The number of halogens is 5. The number of carboxylic acid groups (broad SMARTS) is 1. The Bertz CT molecular complexity index is 282. The molecule has 0 aromatic carbocycles. The van der Waals surface area contributed by atoms with Crippen LogP contribution < -0.4 is 10.4 Å². The van der Waals surface area contributed by atoms with Gasteiger partial charge in [0.15, 0.2) is 6.04 Å². The monoisotopic (exact) mass is 295 g/mol. The molecular formula is C9H14F5NO4. The molecule has 114 valence electrons. The number of hydrogen-bond donors (Lipinski definition) is 1. The highest BCUT2D eigenvalue weighted by molar-refractivity contribution is 5.73. The molecule has 0 radical (unpaired) electrons. The third-order valence-electron chi connectivity index (χ3n) is 1.83. The molecule has 10 heteroatoms. The number of aliphatic carboxylic acids is 1. The van der Waals surface area contributed by atoms with Gasteiger partial charge in [-0.15, -0.1) is 0 Å². The number of carbonyl (C=O) groups is 2. The summed E-state index contributed by atoms with van der Waals surface area (Å²) in [6, 6.07) is -0.496. The zero-order valence-electron chi connectivity index (χ0n) is 10.2. The van der Waals surface area contributed by atoms with E-state index in [0.29, 0.717) is 0 Å². The molecule has 5 nitrogen and oxygen atoms in total. The lowest BCUT2D eigenvalue weighted by molar-refractivity contribution is -0.652. The van der Waals surface area contributed by atoms with E-state index in [1.165, 1.54) is 7.11 Å². The van der Waals surface area contributed by atoms with Crippen LogP contribution in [0.15, 0.2) is 0 Å². The van der Waals surface area contributed by atoms with E-state index in [4.69, 9.17) is 9.90 Å². The van der Waals surface area contributed by atoms with Crippen LogP contribution >= 0.6 is 0 Å². The highest BCUT2D eigenvalue weighted by atomic mass is 19.4. The number of nitrogens with two attached hydrogens (primary N) is 1. The number of hydrogen-bond acceptors (Lipinski definition) is 4. The fourth-order valence-corrected chi connectivity index (χ4v) is 0.878. The molecule has 0 aliphatic heterocycles. The molecule has 0 heterocycles. The van der Waals surface area contributed by atoms with Crippen molar-refractivity contribution in [2.75, 3.05) is 14.2 Å². The van der Waals surface area contributed by atoms with Gasteiger partial charge in [0, 0.05) is 12.8 Å². The molecule has 0 rings (SSSR count). The molecule has 0 bridgehead atoms. The van der Waals surface area contributed by atoms with Crippen molar-refractivity contribution in [3.63, 3.8) is 0 Å². The SMILES string of the molecule is C[NH2+][C@H](CCC(F)F)C(=O)OC.O=C([O-])C(F)(F)F. The van der Waals surface area contributed by atoms with Crippen LogP contribution in [0.2, 0.25) is 0 Å². The molecule has 19 heavy (non-hydrogen) atoms. The molecule has 0 saturated carbocycles. The van der Waals surface area contributed by atoms with Crippen LogP contribution in [0.5, 0.6) is 0 Å². The number of alkyl halides is 5. The predicted molar refractivity (Wildman–Crippen MR) is 50.0 cm³/mol. The highest BCUT2D eigenvalue weighted by Gasteiger charge is 2.28. The Kier molecular flexibility index (Phi) is 9.92. The molecule has 0 spiro atoms. The smallest absolute Gasteiger partial charge is 0.430 e. The number of rotatable bonds is 5. The van der Waals surface area contributed by atoms with Gasteiger partial charge in [-0.2, -0.15) is 13.2 Å². The lowest BCUT2D eigenvalue weighted by Gasteiger charge is -2.09. The number of carbonyl (C=O) groups excluding carboxylic acids is 2. The Balaban J connectivity index is 0. The Labute approximate surface area is 105 Å². The molecule has 0 aliphatic carbocycles. The minimum Gasteiger partial charge on any atom is -0.542 e. The summed E-state index contributed by atoms with van der Waals surface area (Å²) < 4.78 is 59.4. The Morgan fingerprint density at radius 3 is 1.89 bits per heavy atom. The average molecular weight is 295 g/mol. The van der Waals surface area contributed by atoms with Gasteiger partial charge in [-0.3, -0.25) is 0 Å². The maximum absolute atomic E-state index is 11.7. The van der Waals surface area contributed by atoms with E-state index in [9.17, 15) is 26.7 Å². The first kappa shape index (κ1) is 19.9. The second-order valence-electron chi connectivity index (χ2n) is 3.22. The van der Waals surface area contributed by atoms with Crippen molar-refractivity contribution >= 4 is 11.9 Å². The number of carboxylic acids is 1. The van der Waals surface area contributed by atoms with E-state index >= 15 is 0 Å². The maximum Gasteiger partial charge on any atom is 0.430 e. The standard InChI is InChI=1S/C7H13F2NO2.C2HF3O2/c1-10-5(7(11)12-2)3-4-6(8)9;3-2(4,5)1(6)7/h5-6,10H,3-4H2,1-2H3;(H,6,7)/t5-;/m1./s1. The van der Waals surface area contributed by atoms with Crippen LogP contribution in [0.1, 0.15) is 12.8 Å². The Hall–Kier alpha value is -1.45. The van der Waals surface area contributed by atoms with Crippen molar-refractivity contribution in [3.8, 4) is 0 Å². The fourth-order valence-electron chi connectivity index (χ4n) is 0.878. The zero-order valence-corrected chi connectivity index (χ0v) is 10.2. The summed E-state index contributed by atoms with van der Waals surface area (Å²) in [5.41, 5.74) is 0. The van der Waals surface area contributed by atoms with Crippen LogP contribution in [0.25, 0.3) is 0 Å². The first-order valence-electron chi connectivity index (χ1n) is 4.99. The first-order chi connectivity index (χ1) is 8.56. The van der Waals surface area contributed by atoms with Gasteiger partial charge in [0.05, 0.1) is 14.2 Å². The highest BCUT2D eigenvalue weighted by Crippen LogP contribution is 2.11. The number of ether oxygens (including phenoxy) is 1. The van der Waals surface area contributed by atoms with Crippen molar-refractivity contribution in [2.24, 2.45) is 0 Å². The summed E-state index contributed by atoms with van der Waals surface area (Å²) in [7, 11) is 2.91. The van der Waals surface area contributed by atoms with Gasteiger partial charge in [-0.25, -0.2) is 13.6 Å². The van der Waals surface area contributed by atoms with Crippen LogP contribution in [-0.4, -0.2) is 44.7 Å². The Morgan fingerprint density at radius 1 is 1.26 bits per heavy atom. The number of methoxy groups -OCH3 is 1. The van der Waals surface area contributed by atoms with Crippen molar-refractivity contribution in [1.29, 1.82) is 0 Å². The van der Waals surface area contributed by atoms with Crippen LogP contribution in [-0.2, 0) is 14.3 Å². The van der Waals surface area contributed by atoms with Crippen molar-refractivity contribution in [2.45, 2.75) is 31.5 Å². The summed E-state index contributed by atoms with van der Waals surface area (Å²) in [6.45, 7) is 0. The Morgan fingerprint density at radius 2 is 1.68 bits per heavy atom. The molecule has 0 unspecified atom stereocenters. The summed E-state index contributed by atoms with van der Waals surface area (Å²) in [5.74, 6) is -3.45. The van der Waals surface area contributed by atoms with Crippen LogP contribution in [0.3, 0.4) is 0 Å². The van der Waals surface area contributed by atoms with Crippen molar-refractivity contribution in [1.82, 2.24) is 0 Å². The third kappa shape index (κ3) is 11.4. The molecule has 0 aromatic rings. The first-order valence-corrected chi connectivity index (χ1v) is 4.99. The van der Waals surface area contributed by atoms with Crippen LogP contribution in [0.4, 0.5) is 22.0 Å². The molecule has 0 aliphatic rings. The lowest BCUT2D eigenvalue weighted by atomic mass is 10.1. The van der Waals surface area contributed by atoms with Crippen molar-refractivity contribution in [3.05, 3.63) is 0 Å². The van der Waals surface area contributed by atoms with E-state index in [2.05, 4.69) is 4.74 Å². The van der Waals surface area contributed by atoms with Gasteiger partial charge in [0.2, 0.25) is 6.43 Å². The fraction of sp³-hybridized carbons (Fsp3) is 0.778. The molecule has 0 saturated heterocycles. The summed E-state index contributed by atoms with van der Waals surface area (Å²) in [5, 5.41) is 10.4. The summed E-state index contributed by atoms with van der Waals surface area (Å²) >= 11 is 0.